The molecule has 4 N–H and O–H groups in total. The van der Waals surface area contributed by atoms with Gasteiger partial charge in [-0.05, 0) is 36.0 Å². The van der Waals surface area contributed by atoms with Gasteiger partial charge in [0.05, 0.1) is 23.2 Å². The number of carbonyl (C=O) groups excluding carboxylic acids is 2. The summed E-state index contributed by atoms with van der Waals surface area (Å²) >= 11 is 0. The summed E-state index contributed by atoms with van der Waals surface area (Å²) in [6, 6.07) is 3.36. The van der Waals surface area contributed by atoms with Gasteiger partial charge >= 0.3 is 6.18 Å². The number of hydrazine groups is 2. The fraction of sp³-hybridized carbons (Fsp3) is 0.692. The van der Waals surface area contributed by atoms with Crippen LogP contribution < -0.4 is 16.3 Å². The first kappa shape index (κ1) is 27.8. The maximum absolute atomic E-state index is 14.2. The average Bonchev–Trinajstić information content (AvgIpc) is 3.39. The van der Waals surface area contributed by atoms with Gasteiger partial charge < -0.3 is 15.3 Å². The summed E-state index contributed by atoms with van der Waals surface area (Å²) in [6.07, 6.45) is -0.963. The Hall–Kier alpha value is -2.21. The third-order valence-electron chi connectivity index (χ3n) is 8.04. The third-order valence-corrected chi connectivity index (χ3v) is 8.04. The van der Waals surface area contributed by atoms with E-state index < -0.39 is 46.9 Å². The summed E-state index contributed by atoms with van der Waals surface area (Å²) in [5.74, 6) is -0.624. The molecule has 2 amide bonds. The topological polar surface area (TPSA) is 96.9 Å². The van der Waals surface area contributed by atoms with Crippen molar-refractivity contribution in [2.75, 3.05) is 13.6 Å². The molecule has 11 heteroatoms. The Balaban J connectivity index is 1.75. The Morgan fingerprint density at radius 1 is 1.16 bits per heavy atom. The number of carbonyl (C=O) groups is 2. The van der Waals surface area contributed by atoms with Crippen LogP contribution in [0.3, 0.4) is 0 Å². The molecule has 2 heterocycles. The van der Waals surface area contributed by atoms with Crippen LogP contribution in [0.5, 0.6) is 0 Å². The molecular weight excluding hydrogens is 487 g/mol. The van der Waals surface area contributed by atoms with Crippen LogP contribution >= 0.6 is 0 Å². The largest absolute Gasteiger partial charge is 0.416 e. The van der Waals surface area contributed by atoms with E-state index in [2.05, 4.69) is 16.3 Å². The highest BCUT2D eigenvalue weighted by Gasteiger charge is 2.57. The maximum Gasteiger partial charge on any atom is 0.416 e. The second kappa shape index (κ2) is 10.2. The van der Waals surface area contributed by atoms with Crippen LogP contribution in [0.4, 0.5) is 13.2 Å². The van der Waals surface area contributed by atoms with Crippen molar-refractivity contribution in [3.63, 3.8) is 0 Å². The molecule has 1 aliphatic carbocycles. The quantitative estimate of drug-likeness (QED) is 0.483. The number of alkyl halides is 3. The Kier molecular flexibility index (Phi) is 7.64. The zero-order valence-electron chi connectivity index (χ0n) is 21.9. The molecule has 0 aromatic heterocycles. The summed E-state index contributed by atoms with van der Waals surface area (Å²) in [5, 5.41) is 14.8. The van der Waals surface area contributed by atoms with E-state index in [4.69, 9.17) is 0 Å². The average molecular weight is 526 g/mol. The summed E-state index contributed by atoms with van der Waals surface area (Å²) in [6.45, 7) is 5.86. The number of rotatable bonds is 4. The second-order valence-electron chi connectivity index (χ2n) is 11.6. The third kappa shape index (κ3) is 5.23. The zero-order chi connectivity index (χ0) is 27.2. The SMILES string of the molecule is CNC(=O)[C@@H]1C[C@@H](O)CN1C(=O)[C@@H](N1NNC(c2cccc(C(F)(F)F)c2)C12CCCCC2)C(C)(C)C. The van der Waals surface area contributed by atoms with Gasteiger partial charge in [0.1, 0.15) is 12.1 Å². The predicted octanol–water partition coefficient (Wildman–Crippen LogP) is 2.90. The number of nitrogens with one attached hydrogen (secondary N) is 3. The molecule has 0 bridgehead atoms. The number of amides is 2. The molecule has 1 aromatic carbocycles. The first-order chi connectivity index (χ1) is 17.3. The van der Waals surface area contributed by atoms with Crippen LogP contribution in [0.15, 0.2) is 24.3 Å². The fourth-order valence-electron chi connectivity index (χ4n) is 6.32. The molecule has 37 heavy (non-hydrogen) atoms. The van der Waals surface area contributed by atoms with Crippen molar-refractivity contribution in [3.05, 3.63) is 35.4 Å². The lowest BCUT2D eigenvalue weighted by Crippen LogP contribution is -2.65. The monoisotopic (exact) mass is 525 g/mol. The van der Waals surface area contributed by atoms with Gasteiger partial charge in [-0.25, -0.2) is 10.4 Å². The first-order valence-electron chi connectivity index (χ1n) is 13.0. The maximum atomic E-state index is 14.2. The molecule has 3 aliphatic rings. The first-order valence-corrected chi connectivity index (χ1v) is 13.0. The molecular formula is C26H38F3N5O3. The lowest BCUT2D eigenvalue weighted by Gasteiger charge is -2.50. The Morgan fingerprint density at radius 2 is 1.84 bits per heavy atom. The van der Waals surface area contributed by atoms with Crippen molar-refractivity contribution in [1.82, 2.24) is 26.2 Å². The standard InChI is InChI=1S/C26H38F3N5O3/c1-24(2,3)21(23(37)33-15-18(35)14-19(33)22(36)30-4)34-25(11-6-5-7-12-25)20(31-32-34)16-9-8-10-17(13-16)26(27,28)29/h8-10,13,18-21,31-32,35H,5-7,11-12,14-15H2,1-4H3,(H,30,36)/t18-,19+,20?,21-/m1/s1. The molecule has 4 rings (SSSR count). The van der Waals surface area contributed by atoms with Crippen molar-refractivity contribution in [2.24, 2.45) is 5.41 Å². The van der Waals surface area contributed by atoms with Crippen LogP contribution in [-0.2, 0) is 15.8 Å². The molecule has 8 nitrogen and oxygen atoms in total. The van der Waals surface area contributed by atoms with Crippen LogP contribution in [0.2, 0.25) is 0 Å². The van der Waals surface area contributed by atoms with Gasteiger partial charge in [-0.3, -0.25) is 9.59 Å². The number of aliphatic hydroxyl groups is 1. The van der Waals surface area contributed by atoms with E-state index in [-0.39, 0.29) is 24.8 Å². The zero-order valence-corrected chi connectivity index (χ0v) is 21.9. The normalized spacial score (nSPS) is 27.5. The number of likely N-dealkylation sites (N-methyl/N-ethyl adjacent to an activating group) is 1. The smallest absolute Gasteiger partial charge is 0.391 e. The van der Waals surface area contributed by atoms with Crippen molar-refractivity contribution in [3.8, 4) is 0 Å². The van der Waals surface area contributed by atoms with Gasteiger partial charge in [0, 0.05) is 20.0 Å². The number of β-amino-alcohol motifs (C(OH)–C–C–N with tert-alkyl or cyclic N) is 1. The minimum absolute atomic E-state index is 0.0504. The van der Waals surface area contributed by atoms with Crippen LogP contribution in [-0.4, -0.2) is 64.1 Å². The highest BCUT2D eigenvalue weighted by molar-refractivity contribution is 5.91. The van der Waals surface area contributed by atoms with Crippen molar-refractivity contribution in [1.29, 1.82) is 0 Å². The summed E-state index contributed by atoms with van der Waals surface area (Å²) in [7, 11) is 1.50. The molecule has 1 saturated carbocycles. The summed E-state index contributed by atoms with van der Waals surface area (Å²) in [5.41, 5.74) is 4.96. The number of halogens is 3. The Bertz CT molecular complexity index is 1010. The summed E-state index contributed by atoms with van der Waals surface area (Å²) in [4.78, 5) is 28.2. The van der Waals surface area contributed by atoms with Crippen LogP contribution in [0.25, 0.3) is 0 Å². The molecule has 1 aromatic rings. The van der Waals surface area contributed by atoms with Gasteiger partial charge in [0.15, 0.2) is 0 Å². The van der Waals surface area contributed by atoms with Gasteiger partial charge in [0.2, 0.25) is 11.8 Å². The van der Waals surface area contributed by atoms with E-state index in [0.29, 0.717) is 18.4 Å². The van der Waals surface area contributed by atoms with E-state index in [1.807, 2.05) is 25.8 Å². The van der Waals surface area contributed by atoms with E-state index in [0.717, 1.165) is 25.3 Å². The van der Waals surface area contributed by atoms with Crippen molar-refractivity contribution >= 4 is 11.8 Å². The molecule has 1 spiro atoms. The molecule has 2 saturated heterocycles. The van der Waals surface area contributed by atoms with Crippen molar-refractivity contribution in [2.45, 2.75) is 95.2 Å². The van der Waals surface area contributed by atoms with Crippen molar-refractivity contribution < 1.29 is 27.9 Å². The molecule has 3 fully saturated rings. The number of nitrogens with zero attached hydrogens (tertiary/aromatic N) is 2. The number of aliphatic hydroxyl groups excluding tert-OH is 1. The lowest BCUT2D eigenvalue weighted by molar-refractivity contribution is -0.152. The number of hydrogen-bond donors (Lipinski definition) is 4. The molecule has 0 radical (unpaired) electrons. The predicted molar refractivity (Wildman–Crippen MR) is 132 cm³/mol. The fourth-order valence-corrected chi connectivity index (χ4v) is 6.32. The molecule has 2 aliphatic heterocycles. The lowest BCUT2D eigenvalue weighted by atomic mass is 9.72. The second-order valence-corrected chi connectivity index (χ2v) is 11.6. The van der Waals surface area contributed by atoms with Crippen LogP contribution in [0.1, 0.15) is 76.5 Å². The Labute approximate surface area is 215 Å². The minimum atomic E-state index is -4.46. The number of likely N-dealkylation sites (tertiary alicyclic amines) is 1. The van der Waals surface area contributed by atoms with Gasteiger partial charge in [-0.15, -0.1) is 0 Å². The molecule has 4 atom stereocenters. The van der Waals surface area contributed by atoms with Crippen LogP contribution in [0, 0.1) is 5.41 Å². The van der Waals surface area contributed by atoms with E-state index >= 15 is 0 Å². The minimum Gasteiger partial charge on any atom is -0.391 e. The number of hydrogen-bond acceptors (Lipinski definition) is 6. The highest BCUT2D eigenvalue weighted by Crippen LogP contribution is 2.48. The Morgan fingerprint density at radius 3 is 2.43 bits per heavy atom. The molecule has 1 unspecified atom stereocenters. The summed E-state index contributed by atoms with van der Waals surface area (Å²) < 4.78 is 40.6. The number of benzene rings is 1. The van der Waals surface area contributed by atoms with E-state index in [1.54, 1.807) is 6.07 Å². The molecule has 206 valence electrons. The van der Waals surface area contributed by atoms with Gasteiger partial charge in [-0.1, -0.05) is 52.2 Å². The van der Waals surface area contributed by atoms with E-state index in [9.17, 15) is 27.9 Å². The highest BCUT2D eigenvalue weighted by atomic mass is 19.4. The van der Waals surface area contributed by atoms with E-state index in [1.165, 1.54) is 24.1 Å². The van der Waals surface area contributed by atoms with Gasteiger partial charge in [-0.2, -0.15) is 18.7 Å². The van der Waals surface area contributed by atoms with Gasteiger partial charge in [0.25, 0.3) is 0 Å².